The first-order valence-electron chi connectivity index (χ1n) is 8.68. The zero-order valence-electron chi connectivity index (χ0n) is 15.1. The number of aromatic nitrogens is 7. The molecule has 142 valence electrons. The monoisotopic (exact) mass is 404 g/mol. The van der Waals surface area contributed by atoms with Crippen molar-refractivity contribution in [2.24, 2.45) is 0 Å². The molecule has 0 aliphatic heterocycles. The second-order valence-electron chi connectivity index (χ2n) is 6.13. The van der Waals surface area contributed by atoms with Gasteiger partial charge in [0.15, 0.2) is 5.76 Å². The van der Waals surface area contributed by atoms with E-state index in [1.165, 1.54) is 0 Å². The van der Waals surface area contributed by atoms with Gasteiger partial charge in [0.1, 0.15) is 5.69 Å². The number of nitrogens with zero attached hydrogens (tertiary/aromatic N) is 7. The lowest BCUT2D eigenvalue weighted by Crippen LogP contribution is -2.05. The highest BCUT2D eigenvalue weighted by Crippen LogP contribution is 2.25. The van der Waals surface area contributed by atoms with Crippen LogP contribution >= 0.6 is 11.6 Å². The third-order valence-corrected chi connectivity index (χ3v) is 4.58. The Balaban J connectivity index is 1.54. The summed E-state index contributed by atoms with van der Waals surface area (Å²) in [6.07, 6.45) is 3.21. The maximum atomic E-state index is 6.20. The largest absolute Gasteiger partial charge is 0.461 e. The summed E-state index contributed by atoms with van der Waals surface area (Å²) in [6.45, 7) is 1.88. The zero-order valence-corrected chi connectivity index (χ0v) is 15.9. The quantitative estimate of drug-likeness (QED) is 0.480. The van der Waals surface area contributed by atoms with Crippen LogP contribution in [-0.4, -0.2) is 34.8 Å². The lowest BCUT2D eigenvalue weighted by Gasteiger charge is -2.08. The Kier molecular flexibility index (Phi) is 4.14. The molecule has 0 spiro atoms. The molecule has 0 aliphatic carbocycles. The van der Waals surface area contributed by atoms with Crippen molar-refractivity contribution in [2.45, 2.75) is 6.92 Å². The summed E-state index contributed by atoms with van der Waals surface area (Å²) in [5.41, 5.74) is 2.61. The average Bonchev–Trinajstić information content (AvgIpc) is 3.40. The molecule has 5 rings (SSSR count). The van der Waals surface area contributed by atoms with Crippen LogP contribution in [0.3, 0.4) is 0 Å². The molecule has 10 heteroatoms. The van der Waals surface area contributed by atoms with Crippen LogP contribution < -0.4 is 5.32 Å². The SMILES string of the molecule is Cc1c(-c2ccnc(Nc3ccccc3Cl)n2)nnc2nc(-c3ccco3)nn12. The molecule has 0 saturated heterocycles. The number of fused-ring (bicyclic) bond motifs is 1. The molecule has 0 fully saturated rings. The lowest BCUT2D eigenvalue weighted by atomic mass is 10.2. The fourth-order valence-electron chi connectivity index (χ4n) is 2.84. The number of nitrogens with one attached hydrogen (secondary N) is 1. The molecule has 0 saturated carbocycles. The molecular formula is C19H13ClN8O. The van der Waals surface area contributed by atoms with Crippen LogP contribution in [0.4, 0.5) is 11.6 Å². The Morgan fingerprint density at radius 3 is 2.76 bits per heavy atom. The van der Waals surface area contributed by atoms with Gasteiger partial charge in [-0.3, -0.25) is 0 Å². The second kappa shape index (κ2) is 6.95. The summed E-state index contributed by atoms with van der Waals surface area (Å²) in [5, 5.41) is 16.6. The van der Waals surface area contributed by atoms with Crippen LogP contribution in [-0.2, 0) is 0 Å². The Morgan fingerprint density at radius 2 is 1.93 bits per heavy atom. The van der Waals surface area contributed by atoms with Crippen LogP contribution in [0.5, 0.6) is 0 Å². The first-order valence-corrected chi connectivity index (χ1v) is 9.06. The van der Waals surface area contributed by atoms with E-state index in [1.807, 2.05) is 25.1 Å². The number of benzene rings is 1. The molecule has 4 heterocycles. The molecule has 0 radical (unpaired) electrons. The number of halogens is 1. The molecule has 0 atom stereocenters. The fraction of sp³-hybridized carbons (Fsp3) is 0.0526. The van der Waals surface area contributed by atoms with Crippen molar-refractivity contribution < 1.29 is 4.42 Å². The minimum atomic E-state index is 0.376. The number of rotatable bonds is 4. The predicted octanol–water partition coefficient (Wildman–Crippen LogP) is 3.94. The summed E-state index contributed by atoms with van der Waals surface area (Å²) in [4.78, 5) is 13.2. The average molecular weight is 405 g/mol. The normalized spacial score (nSPS) is 11.1. The molecule has 4 aromatic heterocycles. The van der Waals surface area contributed by atoms with Crippen LogP contribution in [0, 0.1) is 6.92 Å². The summed E-state index contributed by atoms with van der Waals surface area (Å²) in [6, 6.07) is 12.7. The highest BCUT2D eigenvalue weighted by molar-refractivity contribution is 6.33. The van der Waals surface area contributed by atoms with Gasteiger partial charge in [-0.05, 0) is 37.3 Å². The molecule has 1 N–H and O–H groups in total. The Bertz CT molecular complexity index is 1320. The Morgan fingerprint density at radius 1 is 1.03 bits per heavy atom. The standard InChI is InChI=1S/C19H13ClN8O/c1-11-16(25-26-19-24-17(27-28(11)19)15-7-4-10-29-15)14-8-9-21-18(23-14)22-13-6-3-2-5-12(13)20/h2-10H,1H3,(H,21,22,23). The van der Waals surface area contributed by atoms with Crippen molar-refractivity contribution in [2.75, 3.05) is 5.32 Å². The molecule has 0 bridgehead atoms. The van der Waals surface area contributed by atoms with E-state index in [9.17, 15) is 0 Å². The van der Waals surface area contributed by atoms with Gasteiger partial charge in [0, 0.05) is 6.20 Å². The zero-order chi connectivity index (χ0) is 19.8. The minimum Gasteiger partial charge on any atom is -0.461 e. The Hall–Kier alpha value is -3.85. The van der Waals surface area contributed by atoms with Gasteiger partial charge >= 0.3 is 0 Å². The van der Waals surface area contributed by atoms with Crippen LogP contribution in [0.15, 0.2) is 59.3 Å². The van der Waals surface area contributed by atoms with Gasteiger partial charge < -0.3 is 9.73 Å². The molecule has 29 heavy (non-hydrogen) atoms. The molecule has 1 aromatic carbocycles. The molecular weight excluding hydrogens is 392 g/mol. The van der Waals surface area contributed by atoms with E-state index in [2.05, 4.69) is 35.6 Å². The van der Waals surface area contributed by atoms with E-state index in [0.717, 1.165) is 5.69 Å². The molecule has 9 nitrogen and oxygen atoms in total. The highest BCUT2D eigenvalue weighted by Gasteiger charge is 2.16. The van der Waals surface area contributed by atoms with Crippen molar-refractivity contribution >= 4 is 29.0 Å². The lowest BCUT2D eigenvalue weighted by molar-refractivity contribution is 0.577. The summed E-state index contributed by atoms with van der Waals surface area (Å²) < 4.78 is 6.97. The molecule has 5 aromatic rings. The number of hydrogen-bond donors (Lipinski definition) is 1. The van der Waals surface area contributed by atoms with Gasteiger partial charge in [-0.15, -0.1) is 15.3 Å². The maximum absolute atomic E-state index is 6.20. The van der Waals surface area contributed by atoms with Gasteiger partial charge in [0.25, 0.3) is 5.78 Å². The topological polar surface area (TPSA) is 107 Å². The Labute approximate surface area is 169 Å². The van der Waals surface area contributed by atoms with E-state index < -0.39 is 0 Å². The molecule has 0 aliphatic rings. The predicted molar refractivity (Wildman–Crippen MR) is 107 cm³/mol. The van der Waals surface area contributed by atoms with Gasteiger partial charge in [-0.25, -0.2) is 9.97 Å². The summed E-state index contributed by atoms with van der Waals surface area (Å²) in [5.74, 6) is 1.77. The van der Waals surface area contributed by atoms with Gasteiger partial charge in [0.2, 0.25) is 11.8 Å². The van der Waals surface area contributed by atoms with E-state index >= 15 is 0 Å². The minimum absolute atomic E-state index is 0.376. The number of hydrogen-bond acceptors (Lipinski definition) is 8. The highest BCUT2D eigenvalue weighted by atomic mass is 35.5. The van der Waals surface area contributed by atoms with Crippen LogP contribution in [0.25, 0.3) is 28.8 Å². The second-order valence-corrected chi connectivity index (χ2v) is 6.54. The van der Waals surface area contributed by atoms with Gasteiger partial charge in [-0.1, -0.05) is 23.7 Å². The number of furan rings is 1. The number of anilines is 2. The summed E-state index contributed by atoms with van der Waals surface area (Å²) >= 11 is 6.20. The van der Waals surface area contributed by atoms with Gasteiger partial charge in [-0.2, -0.15) is 9.50 Å². The van der Waals surface area contributed by atoms with Crippen molar-refractivity contribution in [3.8, 4) is 23.0 Å². The first-order chi connectivity index (χ1) is 14.2. The number of para-hydroxylation sites is 1. The smallest absolute Gasteiger partial charge is 0.272 e. The van der Waals surface area contributed by atoms with Crippen molar-refractivity contribution in [3.05, 3.63) is 65.6 Å². The molecule has 0 unspecified atom stereocenters. The van der Waals surface area contributed by atoms with Gasteiger partial charge in [0.05, 0.1) is 28.4 Å². The van der Waals surface area contributed by atoms with Crippen LogP contribution in [0.1, 0.15) is 5.69 Å². The van der Waals surface area contributed by atoms with E-state index in [1.54, 1.807) is 41.2 Å². The third-order valence-electron chi connectivity index (χ3n) is 4.25. The van der Waals surface area contributed by atoms with E-state index in [4.69, 9.17) is 16.0 Å². The fourth-order valence-corrected chi connectivity index (χ4v) is 3.02. The summed E-state index contributed by atoms with van der Waals surface area (Å²) in [7, 11) is 0. The van der Waals surface area contributed by atoms with Crippen molar-refractivity contribution in [3.63, 3.8) is 0 Å². The van der Waals surface area contributed by atoms with Crippen molar-refractivity contribution in [1.82, 2.24) is 34.8 Å². The van der Waals surface area contributed by atoms with E-state index in [-0.39, 0.29) is 0 Å². The third kappa shape index (κ3) is 3.17. The van der Waals surface area contributed by atoms with Crippen LogP contribution in [0.2, 0.25) is 5.02 Å². The number of aryl methyl sites for hydroxylation is 1. The maximum Gasteiger partial charge on any atom is 0.272 e. The van der Waals surface area contributed by atoms with Crippen molar-refractivity contribution in [1.29, 1.82) is 0 Å². The molecule has 0 amide bonds. The van der Waals surface area contributed by atoms with E-state index in [0.29, 0.717) is 45.4 Å². The first kappa shape index (κ1) is 17.3.